The third-order valence-electron chi connectivity index (χ3n) is 6.26. The average molecular weight is 583 g/mol. The van der Waals surface area contributed by atoms with Crippen LogP contribution in [-0.2, 0) is 0 Å². The zero-order valence-electron chi connectivity index (χ0n) is 26.0. The smallest absolute Gasteiger partial charge is 0.126 e. The van der Waals surface area contributed by atoms with Crippen molar-refractivity contribution >= 4 is 11.6 Å². The summed E-state index contributed by atoms with van der Waals surface area (Å²) in [6, 6.07) is 27.0. The first-order valence-corrected chi connectivity index (χ1v) is 14.6. The molecule has 0 amide bonds. The first-order chi connectivity index (χ1) is 19.2. The summed E-state index contributed by atoms with van der Waals surface area (Å²) < 4.78 is 37.6. The molecule has 0 spiro atoms. The molecule has 0 aliphatic carbocycles. The quantitative estimate of drug-likeness (QED) is 0.224. The van der Waals surface area contributed by atoms with Crippen LogP contribution >= 0.6 is 11.6 Å². The monoisotopic (exact) mass is 582 g/mol. The maximum absolute atomic E-state index is 12.5. The lowest BCUT2D eigenvalue weighted by Crippen LogP contribution is -1.90. The van der Waals surface area contributed by atoms with Gasteiger partial charge in [-0.1, -0.05) is 116 Å². The highest BCUT2D eigenvalue weighted by atomic mass is 35.5. The van der Waals surface area contributed by atoms with E-state index < -0.39 is 11.6 Å². The first-order valence-electron chi connectivity index (χ1n) is 14.2. The second-order valence-electron chi connectivity index (χ2n) is 11.3. The van der Waals surface area contributed by atoms with Crippen LogP contribution in [0.25, 0.3) is 0 Å². The Labute approximate surface area is 251 Å². The average Bonchev–Trinajstić information content (AvgIpc) is 2.89. The van der Waals surface area contributed by atoms with Crippen LogP contribution in [0.1, 0.15) is 107 Å². The fraction of sp³-hybridized carbons (Fsp3) is 0.351. The summed E-state index contributed by atoms with van der Waals surface area (Å²) in [5, 5.41) is 0.841. The van der Waals surface area contributed by atoms with Gasteiger partial charge >= 0.3 is 0 Å². The molecule has 4 aromatic rings. The maximum Gasteiger partial charge on any atom is 0.126 e. The van der Waals surface area contributed by atoms with Crippen molar-refractivity contribution in [3.05, 3.63) is 141 Å². The highest BCUT2D eigenvalue weighted by molar-refractivity contribution is 6.30. The summed E-state index contributed by atoms with van der Waals surface area (Å²) in [4.78, 5) is 0. The molecule has 0 N–H and O–H groups in total. The van der Waals surface area contributed by atoms with Crippen LogP contribution in [0.3, 0.4) is 0 Å². The summed E-state index contributed by atoms with van der Waals surface area (Å²) in [5.41, 5.74) is 5.72. The summed E-state index contributed by atoms with van der Waals surface area (Å²) in [6.07, 6.45) is 0. The molecule has 0 atom stereocenters. The van der Waals surface area contributed by atoms with Crippen LogP contribution in [0.5, 0.6) is 0 Å². The second kappa shape index (κ2) is 18.4. The summed E-state index contributed by atoms with van der Waals surface area (Å²) in [6.45, 7) is 18.7. The topological polar surface area (TPSA) is 0 Å². The Morgan fingerprint density at radius 2 is 0.878 bits per heavy atom. The van der Waals surface area contributed by atoms with Gasteiger partial charge in [-0.2, -0.15) is 0 Å². The van der Waals surface area contributed by atoms with E-state index in [2.05, 4.69) is 78.8 Å². The lowest BCUT2D eigenvalue weighted by atomic mass is 10.0. The first kappa shape index (κ1) is 36.0. The molecule has 4 heteroatoms. The maximum atomic E-state index is 12.5. The molecular formula is C37H46ClF3. The van der Waals surface area contributed by atoms with Crippen LogP contribution in [0, 0.1) is 24.4 Å². The zero-order valence-corrected chi connectivity index (χ0v) is 26.7. The van der Waals surface area contributed by atoms with Crippen molar-refractivity contribution in [1.82, 2.24) is 0 Å². The molecule has 222 valence electrons. The Morgan fingerprint density at radius 1 is 0.439 bits per heavy atom. The van der Waals surface area contributed by atoms with Gasteiger partial charge in [-0.15, -0.1) is 0 Å². The van der Waals surface area contributed by atoms with Crippen molar-refractivity contribution < 1.29 is 13.2 Å². The predicted molar refractivity (Wildman–Crippen MR) is 172 cm³/mol. The van der Waals surface area contributed by atoms with Gasteiger partial charge < -0.3 is 0 Å². The molecule has 4 aromatic carbocycles. The fourth-order valence-corrected chi connectivity index (χ4v) is 4.01. The highest BCUT2D eigenvalue weighted by Gasteiger charge is 2.03. The van der Waals surface area contributed by atoms with E-state index >= 15 is 0 Å². The van der Waals surface area contributed by atoms with E-state index in [1.54, 1.807) is 12.1 Å². The largest absolute Gasteiger partial charge is 0.207 e. The summed E-state index contributed by atoms with van der Waals surface area (Å²) in [5.74, 6) is 0.642. The molecule has 0 nitrogen and oxygen atoms in total. The molecule has 0 aliphatic rings. The van der Waals surface area contributed by atoms with E-state index in [0.717, 1.165) is 16.7 Å². The molecule has 0 saturated heterocycles. The third kappa shape index (κ3) is 15.0. The molecular weight excluding hydrogens is 537 g/mol. The predicted octanol–water partition coefficient (Wildman–Crippen LogP) is 12.6. The molecule has 4 rings (SSSR count). The number of benzene rings is 4. The van der Waals surface area contributed by atoms with Gasteiger partial charge in [0.15, 0.2) is 0 Å². The molecule has 0 unspecified atom stereocenters. The Kier molecular flexibility index (Phi) is 16.2. The number of halogens is 4. The Hall–Kier alpha value is -3.04. The van der Waals surface area contributed by atoms with Gasteiger partial charge in [0.25, 0.3) is 0 Å². The molecule has 0 saturated carbocycles. The van der Waals surface area contributed by atoms with Crippen molar-refractivity contribution in [2.24, 2.45) is 0 Å². The van der Waals surface area contributed by atoms with Crippen molar-refractivity contribution in [2.75, 3.05) is 0 Å². The number of hydrogen-bond donors (Lipinski definition) is 0. The van der Waals surface area contributed by atoms with Gasteiger partial charge in [0.05, 0.1) is 0 Å². The Balaban J connectivity index is 0.000000274. The van der Waals surface area contributed by atoms with E-state index in [4.69, 9.17) is 11.6 Å². The summed E-state index contributed by atoms with van der Waals surface area (Å²) in [7, 11) is 0. The van der Waals surface area contributed by atoms with Crippen molar-refractivity contribution in [2.45, 2.75) is 86.0 Å². The Morgan fingerprint density at radius 3 is 1.27 bits per heavy atom. The van der Waals surface area contributed by atoms with Crippen LogP contribution in [0.4, 0.5) is 13.2 Å². The van der Waals surface area contributed by atoms with Gasteiger partial charge in [0, 0.05) is 11.1 Å². The number of hydrogen-bond acceptors (Lipinski definition) is 0. The Bertz CT molecular complexity index is 1200. The lowest BCUT2D eigenvalue weighted by molar-refractivity contribution is 0.577. The molecule has 0 aromatic heterocycles. The normalized spacial score (nSPS) is 10.5. The van der Waals surface area contributed by atoms with Gasteiger partial charge in [0.1, 0.15) is 17.5 Å². The van der Waals surface area contributed by atoms with Crippen LogP contribution in [0.15, 0.2) is 91.0 Å². The van der Waals surface area contributed by atoms with Crippen molar-refractivity contribution in [1.29, 1.82) is 0 Å². The molecule has 0 heterocycles. The minimum atomic E-state index is -0.506. The summed E-state index contributed by atoms with van der Waals surface area (Å²) >= 11 is 5.89. The number of rotatable bonds is 4. The molecule has 0 fully saturated rings. The van der Waals surface area contributed by atoms with E-state index in [9.17, 15) is 13.2 Å². The third-order valence-corrected chi connectivity index (χ3v) is 6.48. The van der Waals surface area contributed by atoms with Crippen molar-refractivity contribution in [3.63, 3.8) is 0 Å². The molecule has 41 heavy (non-hydrogen) atoms. The lowest BCUT2D eigenvalue weighted by Gasteiger charge is -2.06. The van der Waals surface area contributed by atoms with Gasteiger partial charge in [-0.3, -0.25) is 0 Å². The van der Waals surface area contributed by atoms with Crippen LogP contribution in [0.2, 0.25) is 5.02 Å². The standard InChI is InChI=1S/C10H13Cl.C9H10F2.C9H11F.C9H12/c1-7(2)9-4-8(3)5-10(11)6-9;1-6(2)7-3-8(10)5-9(11)4-7;1-7(2)8-4-3-5-9(10)6-8;1-8(2)9-6-4-3-5-7-9/h4-7H,1-3H3;3-6H,1-2H3;3-7H,1-2H3;3-8H,1-2H3. The van der Waals surface area contributed by atoms with E-state index in [0.29, 0.717) is 23.3 Å². The van der Waals surface area contributed by atoms with Crippen molar-refractivity contribution in [3.8, 4) is 0 Å². The van der Waals surface area contributed by atoms with E-state index in [1.807, 2.05) is 38.1 Å². The van der Waals surface area contributed by atoms with Crippen LogP contribution in [-0.4, -0.2) is 0 Å². The SMILES string of the molecule is CC(C)c1cc(F)cc(F)c1.CC(C)c1cccc(F)c1.CC(C)c1ccccc1.Cc1cc(Cl)cc(C(C)C)c1. The fourth-order valence-electron chi connectivity index (χ4n) is 3.71. The van der Waals surface area contributed by atoms with Gasteiger partial charge in [0.2, 0.25) is 0 Å². The second-order valence-corrected chi connectivity index (χ2v) is 11.8. The molecule has 0 bridgehead atoms. The van der Waals surface area contributed by atoms with E-state index in [1.165, 1.54) is 34.9 Å². The van der Waals surface area contributed by atoms with Gasteiger partial charge in [-0.25, -0.2) is 13.2 Å². The zero-order chi connectivity index (χ0) is 31.1. The van der Waals surface area contributed by atoms with Gasteiger partial charge in [-0.05, 0) is 94.8 Å². The minimum absolute atomic E-state index is 0.147. The molecule has 0 radical (unpaired) electrons. The number of aryl methyl sites for hydroxylation is 1. The van der Waals surface area contributed by atoms with Crippen LogP contribution < -0.4 is 0 Å². The minimum Gasteiger partial charge on any atom is -0.207 e. The highest BCUT2D eigenvalue weighted by Crippen LogP contribution is 2.21. The van der Waals surface area contributed by atoms with E-state index in [-0.39, 0.29) is 11.7 Å². The molecule has 0 aliphatic heterocycles.